The highest BCUT2D eigenvalue weighted by atomic mass is 16.4. The Bertz CT molecular complexity index is 730. The lowest BCUT2D eigenvalue weighted by Gasteiger charge is -2.05. The van der Waals surface area contributed by atoms with E-state index in [9.17, 15) is 9.59 Å². The second-order valence-corrected chi connectivity index (χ2v) is 4.94. The van der Waals surface area contributed by atoms with E-state index >= 15 is 0 Å². The Hall–Kier alpha value is -2.44. The maximum absolute atomic E-state index is 11.7. The molecule has 0 amide bonds. The zero-order valence-electron chi connectivity index (χ0n) is 12.3. The topological polar surface area (TPSA) is 101 Å². The highest BCUT2D eigenvalue weighted by molar-refractivity contribution is 5.71. The van der Waals surface area contributed by atoms with Gasteiger partial charge in [-0.25, -0.2) is 9.67 Å². The maximum Gasteiger partial charge on any atom is 0.307 e. The molecule has 0 aliphatic rings. The number of hydrogen-bond donors (Lipinski definition) is 2. The minimum absolute atomic E-state index is 0.101. The molecule has 2 N–H and O–H groups in total. The van der Waals surface area contributed by atoms with Gasteiger partial charge < -0.3 is 5.11 Å². The molecule has 0 saturated carbocycles. The first-order chi connectivity index (χ1) is 9.92. The van der Waals surface area contributed by atoms with Gasteiger partial charge in [-0.1, -0.05) is 13.3 Å². The molecule has 2 aromatic heterocycles. The SMILES string of the molecule is CCCc1cc(=O)[nH]c(-n2nc(C)c(CC(=O)O)c2C)n1. The van der Waals surface area contributed by atoms with Gasteiger partial charge in [0.25, 0.3) is 5.56 Å². The highest BCUT2D eigenvalue weighted by Crippen LogP contribution is 2.16. The molecule has 0 atom stereocenters. The molecule has 0 aromatic carbocycles. The summed E-state index contributed by atoms with van der Waals surface area (Å²) in [6.45, 7) is 5.53. The van der Waals surface area contributed by atoms with Gasteiger partial charge in [0.15, 0.2) is 0 Å². The van der Waals surface area contributed by atoms with Crippen molar-refractivity contribution in [2.75, 3.05) is 0 Å². The van der Waals surface area contributed by atoms with Crippen molar-refractivity contribution in [1.29, 1.82) is 0 Å². The number of rotatable bonds is 5. The van der Waals surface area contributed by atoms with Gasteiger partial charge in [0.05, 0.1) is 12.1 Å². The quantitative estimate of drug-likeness (QED) is 0.860. The fourth-order valence-corrected chi connectivity index (χ4v) is 2.27. The Morgan fingerprint density at radius 2 is 2.14 bits per heavy atom. The standard InChI is InChI=1S/C14H18N4O3/c1-4-5-10-6-12(19)16-14(15-10)18-9(3)11(7-13(20)21)8(2)17-18/h6H,4-5,7H2,1-3H3,(H,20,21)(H,15,16,19). The number of aryl methyl sites for hydroxylation is 2. The minimum atomic E-state index is -0.915. The van der Waals surface area contributed by atoms with E-state index in [1.807, 2.05) is 6.92 Å². The molecule has 0 unspecified atom stereocenters. The second-order valence-electron chi connectivity index (χ2n) is 4.94. The van der Waals surface area contributed by atoms with Gasteiger partial charge in [0.1, 0.15) is 0 Å². The molecule has 0 aliphatic heterocycles. The van der Waals surface area contributed by atoms with Crippen LogP contribution in [0.25, 0.3) is 5.95 Å². The van der Waals surface area contributed by atoms with E-state index in [4.69, 9.17) is 5.11 Å². The van der Waals surface area contributed by atoms with Crippen LogP contribution in [0.15, 0.2) is 10.9 Å². The summed E-state index contributed by atoms with van der Waals surface area (Å²) in [4.78, 5) is 29.6. The van der Waals surface area contributed by atoms with Crippen LogP contribution in [-0.4, -0.2) is 30.8 Å². The Morgan fingerprint density at radius 1 is 1.43 bits per heavy atom. The number of carbonyl (C=O) groups is 1. The van der Waals surface area contributed by atoms with Crippen LogP contribution in [0, 0.1) is 13.8 Å². The third-order valence-electron chi connectivity index (χ3n) is 3.26. The van der Waals surface area contributed by atoms with E-state index in [1.165, 1.54) is 10.7 Å². The molecule has 2 heterocycles. The van der Waals surface area contributed by atoms with Crippen molar-refractivity contribution in [2.24, 2.45) is 0 Å². The van der Waals surface area contributed by atoms with E-state index in [0.717, 1.165) is 6.42 Å². The summed E-state index contributed by atoms with van der Waals surface area (Å²) in [6, 6.07) is 1.47. The summed E-state index contributed by atoms with van der Waals surface area (Å²) in [5.41, 5.74) is 2.40. The number of carboxylic acid groups (broad SMARTS) is 1. The monoisotopic (exact) mass is 290 g/mol. The van der Waals surface area contributed by atoms with Crippen LogP contribution in [0.3, 0.4) is 0 Å². The highest BCUT2D eigenvalue weighted by Gasteiger charge is 2.16. The van der Waals surface area contributed by atoms with Gasteiger partial charge in [0, 0.05) is 23.0 Å². The number of carboxylic acids is 1. The average molecular weight is 290 g/mol. The van der Waals surface area contributed by atoms with Crippen molar-refractivity contribution in [3.63, 3.8) is 0 Å². The van der Waals surface area contributed by atoms with Gasteiger partial charge in [-0.3, -0.25) is 14.6 Å². The molecule has 2 aromatic rings. The van der Waals surface area contributed by atoms with Gasteiger partial charge >= 0.3 is 5.97 Å². The molecule has 0 radical (unpaired) electrons. The predicted octanol–water partition coefficient (Wildman–Crippen LogP) is 1.15. The predicted molar refractivity (Wildman–Crippen MR) is 76.8 cm³/mol. The first kappa shape index (κ1) is 15.0. The van der Waals surface area contributed by atoms with Crippen LogP contribution in [0.4, 0.5) is 0 Å². The van der Waals surface area contributed by atoms with Crippen LogP contribution in [0.5, 0.6) is 0 Å². The zero-order valence-corrected chi connectivity index (χ0v) is 12.3. The molecule has 112 valence electrons. The molecule has 2 rings (SSSR count). The maximum atomic E-state index is 11.7. The van der Waals surface area contributed by atoms with Crippen molar-refractivity contribution in [3.8, 4) is 5.95 Å². The Labute approximate surface area is 121 Å². The minimum Gasteiger partial charge on any atom is -0.481 e. The molecule has 0 saturated heterocycles. The fraction of sp³-hybridized carbons (Fsp3) is 0.429. The molecule has 7 nitrogen and oxygen atoms in total. The number of nitrogens with zero attached hydrogens (tertiary/aromatic N) is 3. The molecular formula is C14H18N4O3. The van der Waals surface area contributed by atoms with E-state index in [0.29, 0.717) is 35.0 Å². The van der Waals surface area contributed by atoms with Crippen LogP contribution in [-0.2, 0) is 17.6 Å². The number of H-pyrrole nitrogens is 1. The summed E-state index contributed by atoms with van der Waals surface area (Å²) >= 11 is 0. The number of nitrogens with one attached hydrogen (secondary N) is 1. The lowest BCUT2D eigenvalue weighted by molar-refractivity contribution is -0.136. The molecule has 0 spiro atoms. The lowest BCUT2D eigenvalue weighted by Crippen LogP contribution is -2.16. The van der Waals surface area contributed by atoms with Gasteiger partial charge in [0.2, 0.25) is 5.95 Å². The first-order valence-electron chi connectivity index (χ1n) is 6.80. The third-order valence-corrected chi connectivity index (χ3v) is 3.26. The van der Waals surface area contributed by atoms with Crippen LogP contribution in [0.1, 0.15) is 36.0 Å². The zero-order chi connectivity index (χ0) is 15.6. The molecule has 0 bridgehead atoms. The number of aromatic nitrogens is 4. The molecular weight excluding hydrogens is 272 g/mol. The van der Waals surface area contributed by atoms with Crippen molar-refractivity contribution in [3.05, 3.63) is 39.1 Å². The summed E-state index contributed by atoms with van der Waals surface area (Å²) < 4.78 is 1.49. The largest absolute Gasteiger partial charge is 0.481 e. The van der Waals surface area contributed by atoms with Gasteiger partial charge in [-0.15, -0.1) is 0 Å². The summed E-state index contributed by atoms with van der Waals surface area (Å²) in [7, 11) is 0. The van der Waals surface area contributed by atoms with Crippen molar-refractivity contribution in [2.45, 2.75) is 40.0 Å². The smallest absolute Gasteiger partial charge is 0.307 e. The van der Waals surface area contributed by atoms with Gasteiger partial charge in [-0.2, -0.15) is 5.10 Å². The van der Waals surface area contributed by atoms with Crippen molar-refractivity contribution in [1.82, 2.24) is 19.7 Å². The Balaban J connectivity index is 2.52. The third kappa shape index (κ3) is 3.18. The van der Waals surface area contributed by atoms with Crippen molar-refractivity contribution >= 4 is 5.97 Å². The molecule has 21 heavy (non-hydrogen) atoms. The Morgan fingerprint density at radius 3 is 2.76 bits per heavy atom. The second kappa shape index (κ2) is 5.90. The van der Waals surface area contributed by atoms with E-state index < -0.39 is 5.97 Å². The molecule has 7 heteroatoms. The van der Waals surface area contributed by atoms with E-state index in [1.54, 1.807) is 13.8 Å². The van der Waals surface area contributed by atoms with E-state index in [2.05, 4.69) is 15.1 Å². The van der Waals surface area contributed by atoms with Crippen LogP contribution >= 0.6 is 0 Å². The summed E-state index contributed by atoms with van der Waals surface area (Å²) in [5, 5.41) is 13.2. The summed E-state index contributed by atoms with van der Waals surface area (Å²) in [6.07, 6.45) is 1.49. The molecule has 0 fully saturated rings. The number of aromatic amines is 1. The normalized spacial score (nSPS) is 10.8. The van der Waals surface area contributed by atoms with Crippen LogP contribution in [0.2, 0.25) is 0 Å². The summed E-state index contributed by atoms with van der Waals surface area (Å²) in [5.74, 6) is -0.592. The van der Waals surface area contributed by atoms with Gasteiger partial charge in [-0.05, 0) is 20.3 Å². The lowest BCUT2D eigenvalue weighted by atomic mass is 10.1. The number of aliphatic carboxylic acids is 1. The Kier molecular flexibility index (Phi) is 4.21. The first-order valence-corrected chi connectivity index (χ1v) is 6.80. The molecule has 0 aliphatic carbocycles. The van der Waals surface area contributed by atoms with Crippen molar-refractivity contribution < 1.29 is 9.90 Å². The average Bonchev–Trinajstić information content (AvgIpc) is 2.66. The number of hydrogen-bond acceptors (Lipinski definition) is 4. The van der Waals surface area contributed by atoms with E-state index in [-0.39, 0.29) is 12.0 Å². The van der Waals surface area contributed by atoms with Crippen LogP contribution < -0.4 is 5.56 Å². The fourth-order valence-electron chi connectivity index (χ4n) is 2.27.